The van der Waals surface area contributed by atoms with Gasteiger partial charge in [-0.2, -0.15) is 0 Å². The number of furan rings is 1. The summed E-state index contributed by atoms with van der Waals surface area (Å²) < 4.78 is 49.0. The third kappa shape index (κ3) is 7.90. The van der Waals surface area contributed by atoms with Crippen molar-refractivity contribution in [3.05, 3.63) is 148 Å². The minimum Gasteiger partial charge on any atom is -0.493 e. The van der Waals surface area contributed by atoms with Crippen LogP contribution in [0.5, 0.6) is 5.75 Å². The van der Waals surface area contributed by atoms with Gasteiger partial charge < -0.3 is 18.5 Å². The van der Waals surface area contributed by atoms with E-state index < -0.39 is 23.2 Å². The first-order chi connectivity index (χ1) is 23.3. The molecule has 0 radical (unpaired) electrons. The van der Waals surface area contributed by atoms with Gasteiger partial charge in [0.2, 0.25) is 5.78 Å². The largest absolute Gasteiger partial charge is 0.493 e. The molecule has 0 saturated carbocycles. The molecule has 0 bridgehead atoms. The quantitative estimate of drug-likeness (QED) is 0.122. The van der Waals surface area contributed by atoms with Crippen molar-refractivity contribution in [1.29, 1.82) is 0 Å². The highest BCUT2D eigenvalue weighted by atomic mass is 35.5. The van der Waals surface area contributed by atoms with Crippen LogP contribution in [0.4, 0.5) is 8.78 Å². The lowest BCUT2D eigenvalue weighted by Gasteiger charge is -2.18. The van der Waals surface area contributed by atoms with E-state index in [4.69, 9.17) is 18.9 Å². The number of carbonyl (C=O) groups excluding carboxylic acids is 1. The summed E-state index contributed by atoms with van der Waals surface area (Å²) in [6.07, 6.45) is 3.48. The maximum Gasteiger partial charge on any atom is 0.345 e. The Morgan fingerprint density at radius 3 is 2.35 bits per heavy atom. The van der Waals surface area contributed by atoms with E-state index in [2.05, 4.69) is 0 Å². The molecule has 49 heavy (non-hydrogen) atoms. The fraction of sp³-hybridized carbons (Fsp3) is 0.216. The minimum absolute atomic E-state index is 0. The number of benzene rings is 3. The van der Waals surface area contributed by atoms with Gasteiger partial charge in [0.1, 0.15) is 28.7 Å². The van der Waals surface area contributed by atoms with Crippen molar-refractivity contribution in [3.8, 4) is 17.0 Å². The van der Waals surface area contributed by atoms with E-state index in [9.17, 15) is 18.4 Å². The number of ether oxygens (including phenoxy) is 2. The van der Waals surface area contributed by atoms with E-state index in [1.54, 1.807) is 13.2 Å². The first-order valence-corrected chi connectivity index (χ1v) is 15.5. The second-order valence-corrected chi connectivity index (χ2v) is 11.3. The summed E-state index contributed by atoms with van der Waals surface area (Å²) in [6.45, 7) is 2.57. The molecule has 0 N–H and O–H groups in total. The number of carbonyl (C=O) groups is 1. The highest BCUT2D eigenvalue weighted by Crippen LogP contribution is 2.28. The number of imidazole rings is 1. The summed E-state index contributed by atoms with van der Waals surface area (Å²) >= 11 is 0. The molecule has 0 aliphatic carbocycles. The Balaban J connectivity index is 0.00000468. The van der Waals surface area contributed by atoms with Crippen LogP contribution in [-0.2, 0) is 30.8 Å². The molecular weight excluding hydrogens is 654 g/mol. The fourth-order valence-electron chi connectivity index (χ4n) is 5.57. The molecule has 12 heteroatoms. The van der Waals surface area contributed by atoms with E-state index in [1.807, 2.05) is 78.7 Å². The van der Waals surface area contributed by atoms with Crippen molar-refractivity contribution in [2.45, 2.75) is 33.0 Å². The molecule has 9 nitrogen and oxygen atoms in total. The van der Waals surface area contributed by atoms with Crippen LogP contribution in [0.15, 0.2) is 107 Å². The van der Waals surface area contributed by atoms with E-state index in [0.29, 0.717) is 42.3 Å². The summed E-state index contributed by atoms with van der Waals surface area (Å²) in [6, 6.07) is 24.4. The van der Waals surface area contributed by atoms with Crippen molar-refractivity contribution in [1.82, 2.24) is 18.9 Å². The first-order valence-electron chi connectivity index (χ1n) is 15.5. The molecule has 0 fully saturated rings. The normalized spacial score (nSPS) is 11.1. The van der Waals surface area contributed by atoms with Gasteiger partial charge in [0.05, 0.1) is 37.4 Å². The molecule has 6 rings (SSSR count). The van der Waals surface area contributed by atoms with Gasteiger partial charge in [0.25, 0.3) is 5.56 Å². The summed E-state index contributed by atoms with van der Waals surface area (Å²) in [5.41, 5.74) is 1.55. The Morgan fingerprint density at radius 1 is 0.939 bits per heavy atom. The first kappa shape index (κ1) is 35.1. The number of nitrogens with zero attached hydrogens (tertiary/aromatic N) is 4. The molecule has 6 aromatic rings. The maximum atomic E-state index is 14.9. The number of esters is 1. The highest BCUT2D eigenvalue weighted by molar-refractivity contribution is 5.89. The molecule has 0 amide bonds. The average Bonchev–Trinajstić information content (AvgIpc) is 3.73. The molecule has 254 valence electrons. The number of hydrogen-bond donors (Lipinski definition) is 0. The van der Waals surface area contributed by atoms with Crippen LogP contribution in [0.25, 0.3) is 17.0 Å². The molecule has 0 saturated heterocycles. The molecular formula is C37H35ClF2N4O5. The monoisotopic (exact) mass is 688 g/mol. The molecule has 0 atom stereocenters. The predicted octanol–water partition coefficient (Wildman–Crippen LogP) is 6.93. The number of aromatic nitrogens is 3. The van der Waals surface area contributed by atoms with Crippen LogP contribution in [0.2, 0.25) is 0 Å². The number of fused-ring (bicyclic) bond motifs is 1. The standard InChI is InChI=1S/C37H34F2N4O5.ClH/c1-3-46-36(45)30-23-42(22-29-31(38)12-7-13-32(29)39)37-40-34(26-14-16-28(17-15-26)48-20-18-27-11-8-19-47-27)33(43(37)35(30)44)24-41(2)21-25-9-5-4-6-10-25;/h4-17,19,23H,3,18,20-22,24H2,1-2H3;1H. The average molecular weight is 689 g/mol. The van der Waals surface area contributed by atoms with E-state index in [-0.39, 0.29) is 49.0 Å². The highest BCUT2D eigenvalue weighted by Gasteiger charge is 2.25. The van der Waals surface area contributed by atoms with Gasteiger partial charge in [-0.25, -0.2) is 23.0 Å². The Kier molecular flexibility index (Phi) is 11.3. The predicted molar refractivity (Wildman–Crippen MR) is 183 cm³/mol. The zero-order valence-corrected chi connectivity index (χ0v) is 27.8. The molecule has 0 aliphatic rings. The zero-order valence-electron chi connectivity index (χ0n) is 27.0. The Morgan fingerprint density at radius 2 is 1.67 bits per heavy atom. The van der Waals surface area contributed by atoms with Crippen molar-refractivity contribution >= 4 is 24.2 Å². The van der Waals surface area contributed by atoms with Gasteiger partial charge in [0, 0.05) is 36.8 Å². The van der Waals surface area contributed by atoms with Crippen molar-refractivity contribution in [3.63, 3.8) is 0 Å². The lowest BCUT2D eigenvalue weighted by Crippen LogP contribution is -2.29. The number of halogens is 3. The molecule has 0 unspecified atom stereocenters. The summed E-state index contributed by atoms with van der Waals surface area (Å²) in [4.78, 5) is 34.0. The van der Waals surface area contributed by atoms with Gasteiger partial charge >= 0.3 is 5.97 Å². The zero-order chi connectivity index (χ0) is 33.6. The summed E-state index contributed by atoms with van der Waals surface area (Å²) in [5, 5.41) is 0. The lowest BCUT2D eigenvalue weighted by atomic mass is 10.1. The second kappa shape index (κ2) is 15.8. The molecule has 0 spiro atoms. The molecule has 3 heterocycles. The van der Waals surface area contributed by atoms with Crippen molar-refractivity contribution in [2.24, 2.45) is 0 Å². The maximum absolute atomic E-state index is 14.9. The van der Waals surface area contributed by atoms with E-state index >= 15 is 0 Å². The van der Waals surface area contributed by atoms with Gasteiger partial charge in [-0.3, -0.25) is 9.69 Å². The Labute approximate surface area is 287 Å². The molecule has 0 aliphatic heterocycles. The van der Waals surface area contributed by atoms with Crippen LogP contribution in [0, 0.1) is 11.6 Å². The minimum atomic E-state index is -0.845. The fourth-order valence-corrected chi connectivity index (χ4v) is 5.57. The van der Waals surface area contributed by atoms with Crippen LogP contribution < -0.4 is 10.3 Å². The number of rotatable bonds is 13. The Hall–Kier alpha value is -5.26. The van der Waals surface area contributed by atoms with Crippen LogP contribution in [0.3, 0.4) is 0 Å². The summed E-state index contributed by atoms with van der Waals surface area (Å²) in [7, 11) is 1.91. The van der Waals surface area contributed by atoms with Crippen LogP contribution >= 0.6 is 12.4 Å². The smallest absolute Gasteiger partial charge is 0.345 e. The SMILES string of the molecule is CCOC(=O)c1cn(Cc2c(F)cccc2F)c2nc(-c3ccc(OCCc4ccco4)cc3)c(CN(C)Cc3ccccc3)n2c1=O.Cl. The van der Waals surface area contributed by atoms with E-state index in [1.165, 1.54) is 21.2 Å². The van der Waals surface area contributed by atoms with Gasteiger partial charge in [-0.05, 0) is 68.1 Å². The summed E-state index contributed by atoms with van der Waals surface area (Å²) in [5.74, 6) is -0.797. The van der Waals surface area contributed by atoms with Crippen LogP contribution in [0.1, 0.15) is 39.9 Å². The van der Waals surface area contributed by atoms with Gasteiger partial charge in [0.15, 0.2) is 0 Å². The molecule has 3 aromatic carbocycles. The van der Waals surface area contributed by atoms with Crippen LogP contribution in [-0.4, -0.2) is 45.1 Å². The van der Waals surface area contributed by atoms with Gasteiger partial charge in [-0.1, -0.05) is 36.4 Å². The van der Waals surface area contributed by atoms with Crippen molar-refractivity contribution < 1.29 is 27.5 Å². The number of hydrogen-bond acceptors (Lipinski definition) is 7. The topological polar surface area (TPSA) is 91.2 Å². The second-order valence-electron chi connectivity index (χ2n) is 11.3. The lowest BCUT2D eigenvalue weighted by molar-refractivity contribution is 0.0523. The van der Waals surface area contributed by atoms with E-state index in [0.717, 1.165) is 23.5 Å². The van der Waals surface area contributed by atoms with Crippen molar-refractivity contribution in [2.75, 3.05) is 20.3 Å². The van der Waals surface area contributed by atoms with Gasteiger partial charge in [-0.15, -0.1) is 12.4 Å². The Bertz CT molecular complexity index is 2060. The third-order valence-corrected chi connectivity index (χ3v) is 7.86. The molecule has 3 aromatic heterocycles. The third-order valence-electron chi connectivity index (χ3n) is 7.86.